The van der Waals surface area contributed by atoms with Gasteiger partial charge in [-0.1, -0.05) is 30.3 Å². The zero-order valence-electron chi connectivity index (χ0n) is 12.4. The number of anilines is 1. The Morgan fingerprint density at radius 3 is 2.91 bits per heavy atom. The van der Waals surface area contributed by atoms with Crippen molar-refractivity contribution in [2.45, 2.75) is 13.0 Å². The summed E-state index contributed by atoms with van der Waals surface area (Å²) in [5, 5.41) is 7.63. The van der Waals surface area contributed by atoms with Gasteiger partial charge in [0.1, 0.15) is 0 Å². The largest absolute Gasteiger partial charge is 0.323 e. The van der Waals surface area contributed by atoms with Gasteiger partial charge in [-0.2, -0.15) is 0 Å². The summed E-state index contributed by atoms with van der Waals surface area (Å²) in [5.74, 6) is 0. The Labute approximate surface area is 142 Å². The third-order valence-corrected chi connectivity index (χ3v) is 5.66. The lowest BCUT2D eigenvalue weighted by Crippen LogP contribution is -2.38. The van der Waals surface area contributed by atoms with E-state index in [9.17, 15) is 4.79 Å². The highest BCUT2D eigenvalue weighted by Gasteiger charge is 2.22. The predicted octanol–water partition coefficient (Wildman–Crippen LogP) is 4.46. The Balaban J connectivity index is 1.45. The molecule has 3 aromatic rings. The van der Waals surface area contributed by atoms with Crippen molar-refractivity contribution in [2.24, 2.45) is 0 Å². The van der Waals surface area contributed by atoms with Crippen LogP contribution in [0.4, 0.5) is 9.93 Å². The van der Waals surface area contributed by atoms with Crippen molar-refractivity contribution < 1.29 is 4.79 Å². The number of fused-ring (bicyclic) bond motifs is 1. The van der Waals surface area contributed by atoms with Crippen LogP contribution in [0, 0.1) is 0 Å². The summed E-state index contributed by atoms with van der Waals surface area (Å²) >= 11 is 3.23. The molecule has 6 heteroatoms. The molecule has 4 rings (SSSR count). The van der Waals surface area contributed by atoms with Crippen molar-refractivity contribution in [3.8, 4) is 11.3 Å². The van der Waals surface area contributed by atoms with Crippen LogP contribution in [0.2, 0.25) is 0 Å². The molecule has 0 bridgehead atoms. The van der Waals surface area contributed by atoms with Crippen molar-refractivity contribution in [1.29, 1.82) is 0 Å². The fourth-order valence-electron chi connectivity index (χ4n) is 2.67. The highest BCUT2D eigenvalue weighted by Crippen LogP contribution is 2.27. The smallest absolute Gasteiger partial charge is 0.320 e. The summed E-state index contributed by atoms with van der Waals surface area (Å²) in [6.45, 7) is 1.44. The maximum absolute atomic E-state index is 12.4. The van der Waals surface area contributed by atoms with Gasteiger partial charge in [0.05, 0.1) is 5.69 Å². The van der Waals surface area contributed by atoms with Crippen molar-refractivity contribution in [3.05, 3.63) is 57.6 Å². The predicted molar refractivity (Wildman–Crippen MR) is 95.0 cm³/mol. The number of hydrogen-bond donors (Lipinski definition) is 1. The zero-order chi connectivity index (χ0) is 15.6. The molecule has 0 fully saturated rings. The Morgan fingerprint density at radius 2 is 2.04 bits per heavy atom. The van der Waals surface area contributed by atoms with Gasteiger partial charge in [-0.25, -0.2) is 9.78 Å². The van der Waals surface area contributed by atoms with E-state index in [0.29, 0.717) is 11.7 Å². The summed E-state index contributed by atoms with van der Waals surface area (Å²) in [6, 6.07) is 12.0. The van der Waals surface area contributed by atoms with Crippen LogP contribution < -0.4 is 5.32 Å². The second kappa shape index (κ2) is 6.14. The molecule has 2 amide bonds. The molecule has 0 saturated carbocycles. The first-order valence-corrected chi connectivity index (χ1v) is 9.17. The molecule has 0 aliphatic carbocycles. The normalized spacial score (nSPS) is 13.7. The highest BCUT2D eigenvalue weighted by atomic mass is 32.1. The fraction of sp³-hybridized carbons (Fsp3) is 0.176. The average molecular weight is 341 g/mol. The van der Waals surface area contributed by atoms with Crippen LogP contribution in [0.15, 0.2) is 47.2 Å². The minimum absolute atomic E-state index is 0.0733. The molecule has 4 nitrogen and oxygen atoms in total. The maximum Gasteiger partial charge on any atom is 0.323 e. The lowest BCUT2D eigenvalue weighted by Gasteiger charge is -2.26. The van der Waals surface area contributed by atoms with Crippen LogP contribution in [-0.4, -0.2) is 22.5 Å². The van der Waals surface area contributed by atoms with Gasteiger partial charge in [0, 0.05) is 28.9 Å². The van der Waals surface area contributed by atoms with Gasteiger partial charge in [-0.05, 0) is 23.4 Å². The van der Waals surface area contributed by atoms with E-state index in [4.69, 9.17) is 0 Å². The van der Waals surface area contributed by atoms with Crippen LogP contribution in [0.25, 0.3) is 11.3 Å². The number of nitrogens with one attached hydrogen (secondary N) is 1. The molecule has 0 atom stereocenters. The molecular formula is C17H15N3OS2. The number of thiophene rings is 1. The van der Waals surface area contributed by atoms with E-state index in [1.54, 1.807) is 11.3 Å². The van der Waals surface area contributed by atoms with Crippen LogP contribution in [0.5, 0.6) is 0 Å². The van der Waals surface area contributed by atoms with Crippen LogP contribution in [-0.2, 0) is 13.0 Å². The molecule has 3 heterocycles. The number of urea groups is 1. The molecule has 116 valence electrons. The minimum atomic E-state index is -0.0733. The van der Waals surface area contributed by atoms with Crippen LogP contribution >= 0.6 is 22.7 Å². The zero-order valence-corrected chi connectivity index (χ0v) is 14.0. The molecule has 1 N–H and O–H groups in total. The summed E-state index contributed by atoms with van der Waals surface area (Å²) in [4.78, 5) is 20.2. The van der Waals surface area contributed by atoms with Crippen LogP contribution in [0.1, 0.15) is 10.4 Å². The molecule has 1 aromatic carbocycles. The van der Waals surface area contributed by atoms with E-state index in [0.717, 1.165) is 24.2 Å². The maximum atomic E-state index is 12.4. The second-order valence-electron chi connectivity index (χ2n) is 5.37. The number of aromatic nitrogens is 1. The molecule has 0 unspecified atom stereocenters. The van der Waals surface area contributed by atoms with E-state index in [2.05, 4.69) is 21.7 Å². The lowest BCUT2D eigenvalue weighted by atomic mass is 10.1. The van der Waals surface area contributed by atoms with Gasteiger partial charge in [-0.3, -0.25) is 5.32 Å². The van der Waals surface area contributed by atoms with Gasteiger partial charge in [0.15, 0.2) is 5.13 Å². The number of carbonyl (C=O) groups excluding carboxylic acids is 1. The molecule has 0 spiro atoms. The number of benzene rings is 1. The third kappa shape index (κ3) is 3.00. The standard InChI is InChI=1S/C17H15N3OS2/c21-17(20-8-6-15-13(10-20)7-9-22-15)19-16-18-14(11-23-16)12-4-2-1-3-5-12/h1-5,7,9,11H,6,8,10H2,(H,18,19,21). The first kappa shape index (κ1) is 14.4. The van der Waals surface area contributed by atoms with Gasteiger partial charge < -0.3 is 4.90 Å². The van der Waals surface area contributed by atoms with Gasteiger partial charge in [0.2, 0.25) is 0 Å². The Kier molecular flexibility index (Phi) is 3.85. The topological polar surface area (TPSA) is 45.2 Å². The highest BCUT2D eigenvalue weighted by molar-refractivity contribution is 7.14. The minimum Gasteiger partial charge on any atom is -0.320 e. The number of carbonyl (C=O) groups is 1. The number of hydrogen-bond acceptors (Lipinski definition) is 4. The van der Waals surface area contributed by atoms with E-state index in [1.165, 1.54) is 21.8 Å². The number of nitrogens with zero attached hydrogens (tertiary/aromatic N) is 2. The summed E-state index contributed by atoms with van der Waals surface area (Å²) in [7, 11) is 0. The van der Waals surface area contributed by atoms with E-state index >= 15 is 0 Å². The lowest BCUT2D eigenvalue weighted by molar-refractivity contribution is 0.207. The molecule has 1 aliphatic heterocycles. The van der Waals surface area contributed by atoms with Gasteiger partial charge >= 0.3 is 6.03 Å². The monoisotopic (exact) mass is 341 g/mol. The van der Waals surface area contributed by atoms with Gasteiger partial charge in [0.25, 0.3) is 0 Å². The van der Waals surface area contributed by atoms with Crippen LogP contribution in [0.3, 0.4) is 0 Å². The Hall–Kier alpha value is -2.18. The SMILES string of the molecule is O=C(Nc1nc(-c2ccccc2)cs1)N1CCc2sccc2C1. The number of rotatable bonds is 2. The van der Waals surface area contributed by atoms with E-state index in [1.807, 2.05) is 40.6 Å². The third-order valence-electron chi connectivity index (χ3n) is 3.88. The Morgan fingerprint density at radius 1 is 1.17 bits per heavy atom. The quantitative estimate of drug-likeness (QED) is 0.748. The molecule has 0 saturated heterocycles. The fourth-order valence-corrected chi connectivity index (χ4v) is 4.26. The molecule has 0 radical (unpaired) electrons. The molecular weight excluding hydrogens is 326 g/mol. The number of thiazole rings is 1. The first-order chi connectivity index (χ1) is 11.3. The van der Waals surface area contributed by atoms with Crippen molar-refractivity contribution in [1.82, 2.24) is 9.88 Å². The average Bonchev–Trinajstić information content (AvgIpc) is 3.24. The van der Waals surface area contributed by atoms with Crippen molar-refractivity contribution in [2.75, 3.05) is 11.9 Å². The molecule has 2 aromatic heterocycles. The second-order valence-corrected chi connectivity index (χ2v) is 7.23. The summed E-state index contributed by atoms with van der Waals surface area (Å²) in [6.07, 6.45) is 0.938. The van der Waals surface area contributed by atoms with E-state index < -0.39 is 0 Å². The number of amides is 2. The van der Waals surface area contributed by atoms with Crippen molar-refractivity contribution >= 4 is 33.8 Å². The van der Waals surface area contributed by atoms with E-state index in [-0.39, 0.29) is 6.03 Å². The molecule has 23 heavy (non-hydrogen) atoms. The summed E-state index contributed by atoms with van der Waals surface area (Å²) < 4.78 is 0. The summed E-state index contributed by atoms with van der Waals surface area (Å²) in [5.41, 5.74) is 3.22. The van der Waals surface area contributed by atoms with Gasteiger partial charge in [-0.15, -0.1) is 22.7 Å². The van der Waals surface area contributed by atoms with Crippen molar-refractivity contribution in [3.63, 3.8) is 0 Å². The molecule has 1 aliphatic rings. The Bertz CT molecular complexity index is 825. The first-order valence-electron chi connectivity index (χ1n) is 7.42.